The van der Waals surface area contributed by atoms with Gasteiger partial charge in [-0.3, -0.25) is 4.79 Å². The Bertz CT molecular complexity index is 714. The molecule has 0 atom stereocenters. The Balaban J connectivity index is 1.91. The normalized spacial score (nSPS) is 10.7. The van der Waals surface area contributed by atoms with E-state index in [1.165, 1.54) is 11.3 Å². The van der Waals surface area contributed by atoms with E-state index in [4.69, 9.17) is 4.74 Å². The fourth-order valence-electron chi connectivity index (χ4n) is 1.96. The van der Waals surface area contributed by atoms with Crippen LogP contribution in [0, 0.1) is 0 Å². The molecule has 20 heavy (non-hydrogen) atoms. The van der Waals surface area contributed by atoms with Gasteiger partial charge in [0, 0.05) is 5.56 Å². The molecule has 0 aliphatic carbocycles. The molecule has 0 saturated carbocycles. The molecular weight excluding hydrogens is 270 g/mol. The summed E-state index contributed by atoms with van der Waals surface area (Å²) < 4.78 is 6.40. The number of carbonyl (C=O) groups is 1. The van der Waals surface area contributed by atoms with Crippen LogP contribution in [0.3, 0.4) is 0 Å². The molecule has 1 heterocycles. The van der Waals surface area contributed by atoms with Gasteiger partial charge in [-0.25, -0.2) is 4.98 Å². The molecule has 0 fully saturated rings. The van der Waals surface area contributed by atoms with Crippen molar-refractivity contribution in [3.63, 3.8) is 0 Å². The Labute approximate surface area is 120 Å². The highest BCUT2D eigenvalue weighted by Crippen LogP contribution is 2.24. The van der Waals surface area contributed by atoms with Gasteiger partial charge in [-0.1, -0.05) is 12.1 Å². The fraction of sp³-hybridized carbons (Fsp3) is 0.125. The van der Waals surface area contributed by atoms with Crippen molar-refractivity contribution in [2.75, 3.05) is 6.61 Å². The average Bonchev–Trinajstić information content (AvgIpc) is 2.91. The Morgan fingerprint density at radius 3 is 2.60 bits per heavy atom. The summed E-state index contributed by atoms with van der Waals surface area (Å²) in [5.41, 5.74) is 1.50. The SMILES string of the molecule is CCOc1ccc(C(=O)c2nc3ccccc3s2)cc1. The molecule has 4 heteroatoms. The summed E-state index contributed by atoms with van der Waals surface area (Å²) in [5, 5.41) is 0.523. The summed E-state index contributed by atoms with van der Waals surface area (Å²) in [4.78, 5) is 16.8. The van der Waals surface area contributed by atoms with Gasteiger partial charge in [0.05, 0.1) is 16.8 Å². The second-order valence-corrected chi connectivity index (χ2v) is 5.30. The van der Waals surface area contributed by atoms with Crippen LogP contribution < -0.4 is 4.74 Å². The molecule has 3 aromatic rings. The summed E-state index contributed by atoms with van der Waals surface area (Å²) >= 11 is 1.42. The van der Waals surface area contributed by atoms with Crippen molar-refractivity contribution >= 4 is 27.3 Å². The van der Waals surface area contributed by atoms with E-state index in [1.807, 2.05) is 43.3 Å². The Kier molecular flexibility index (Phi) is 3.48. The number of rotatable bonds is 4. The fourth-order valence-corrected chi connectivity index (χ4v) is 2.89. The first-order valence-corrected chi connectivity index (χ1v) is 7.22. The largest absolute Gasteiger partial charge is 0.494 e. The average molecular weight is 283 g/mol. The van der Waals surface area contributed by atoms with Crippen LogP contribution in [-0.4, -0.2) is 17.4 Å². The predicted octanol–water partition coefficient (Wildman–Crippen LogP) is 3.93. The molecule has 0 saturated heterocycles. The van der Waals surface area contributed by atoms with E-state index in [0.717, 1.165) is 16.0 Å². The minimum Gasteiger partial charge on any atom is -0.494 e. The Hall–Kier alpha value is -2.20. The van der Waals surface area contributed by atoms with Crippen LogP contribution in [0.25, 0.3) is 10.2 Å². The zero-order valence-corrected chi connectivity index (χ0v) is 11.8. The van der Waals surface area contributed by atoms with Gasteiger partial charge in [-0.05, 0) is 43.3 Å². The van der Waals surface area contributed by atoms with E-state index in [2.05, 4.69) is 4.98 Å². The van der Waals surface area contributed by atoms with Crippen LogP contribution in [0.15, 0.2) is 48.5 Å². The van der Waals surface area contributed by atoms with E-state index < -0.39 is 0 Å². The molecule has 0 unspecified atom stereocenters. The van der Waals surface area contributed by atoms with Gasteiger partial charge in [0.1, 0.15) is 5.75 Å². The molecule has 100 valence electrons. The van der Waals surface area contributed by atoms with Crippen LogP contribution in [0.2, 0.25) is 0 Å². The third kappa shape index (κ3) is 2.42. The van der Waals surface area contributed by atoms with Gasteiger partial charge >= 0.3 is 0 Å². The number of hydrogen-bond donors (Lipinski definition) is 0. The lowest BCUT2D eigenvalue weighted by atomic mass is 10.1. The van der Waals surface area contributed by atoms with Crippen LogP contribution in [0.4, 0.5) is 0 Å². The van der Waals surface area contributed by atoms with Crippen LogP contribution >= 0.6 is 11.3 Å². The summed E-state index contributed by atoms with van der Waals surface area (Å²) in [5.74, 6) is 0.725. The van der Waals surface area contributed by atoms with E-state index >= 15 is 0 Å². The maximum Gasteiger partial charge on any atom is 0.221 e. The van der Waals surface area contributed by atoms with Gasteiger partial charge in [0.2, 0.25) is 5.78 Å². The second kappa shape index (κ2) is 5.43. The Morgan fingerprint density at radius 2 is 1.90 bits per heavy atom. The Morgan fingerprint density at radius 1 is 1.15 bits per heavy atom. The predicted molar refractivity (Wildman–Crippen MR) is 80.7 cm³/mol. The van der Waals surface area contributed by atoms with Crippen molar-refractivity contribution in [3.05, 3.63) is 59.1 Å². The minimum atomic E-state index is -0.0470. The highest BCUT2D eigenvalue weighted by molar-refractivity contribution is 7.20. The summed E-state index contributed by atoms with van der Waals surface area (Å²) in [6.45, 7) is 2.55. The summed E-state index contributed by atoms with van der Waals surface area (Å²) in [6, 6.07) is 14.9. The van der Waals surface area contributed by atoms with Crippen LogP contribution in [0.1, 0.15) is 22.3 Å². The number of ketones is 1. The molecule has 3 rings (SSSR count). The third-order valence-corrected chi connectivity index (χ3v) is 3.95. The lowest BCUT2D eigenvalue weighted by Gasteiger charge is -2.03. The topological polar surface area (TPSA) is 39.2 Å². The molecule has 1 aromatic heterocycles. The van der Waals surface area contributed by atoms with Gasteiger partial charge in [0.25, 0.3) is 0 Å². The van der Waals surface area contributed by atoms with Gasteiger partial charge in [-0.15, -0.1) is 11.3 Å². The second-order valence-electron chi connectivity index (χ2n) is 4.27. The van der Waals surface area contributed by atoms with Crippen LogP contribution in [-0.2, 0) is 0 Å². The lowest BCUT2D eigenvalue weighted by Crippen LogP contribution is -2.00. The van der Waals surface area contributed by atoms with Gasteiger partial charge in [-0.2, -0.15) is 0 Å². The number of nitrogens with zero attached hydrogens (tertiary/aromatic N) is 1. The lowest BCUT2D eigenvalue weighted by molar-refractivity contribution is 0.103. The number of fused-ring (bicyclic) bond motifs is 1. The number of carbonyl (C=O) groups excluding carboxylic acids is 1. The van der Waals surface area contributed by atoms with Crippen molar-refractivity contribution in [1.82, 2.24) is 4.98 Å². The highest BCUT2D eigenvalue weighted by Gasteiger charge is 2.14. The number of hydrogen-bond acceptors (Lipinski definition) is 4. The number of ether oxygens (including phenoxy) is 1. The van der Waals surface area contributed by atoms with Crippen LogP contribution in [0.5, 0.6) is 5.75 Å². The minimum absolute atomic E-state index is 0.0470. The summed E-state index contributed by atoms with van der Waals surface area (Å²) in [6.07, 6.45) is 0. The van der Waals surface area contributed by atoms with E-state index in [9.17, 15) is 4.79 Å². The van der Waals surface area contributed by atoms with Crippen molar-refractivity contribution in [2.45, 2.75) is 6.92 Å². The quantitative estimate of drug-likeness (QED) is 0.681. The highest BCUT2D eigenvalue weighted by atomic mass is 32.1. The van der Waals surface area contributed by atoms with Crippen molar-refractivity contribution in [1.29, 1.82) is 0 Å². The monoisotopic (exact) mass is 283 g/mol. The molecule has 0 N–H and O–H groups in total. The molecule has 0 spiro atoms. The number of thiazole rings is 1. The number of benzene rings is 2. The third-order valence-electron chi connectivity index (χ3n) is 2.92. The molecule has 2 aromatic carbocycles. The molecule has 0 aliphatic rings. The molecule has 0 bridgehead atoms. The summed E-state index contributed by atoms with van der Waals surface area (Å²) in [7, 11) is 0. The standard InChI is InChI=1S/C16H13NO2S/c1-2-19-12-9-7-11(8-10-12)15(18)16-17-13-5-3-4-6-14(13)20-16/h3-10H,2H2,1H3. The van der Waals surface area contributed by atoms with Crippen molar-refractivity contribution in [2.24, 2.45) is 0 Å². The zero-order chi connectivity index (χ0) is 13.9. The van der Waals surface area contributed by atoms with E-state index in [1.54, 1.807) is 12.1 Å². The smallest absolute Gasteiger partial charge is 0.221 e. The first-order valence-electron chi connectivity index (χ1n) is 6.41. The number of para-hydroxylation sites is 1. The van der Waals surface area contributed by atoms with Gasteiger partial charge in [0.15, 0.2) is 5.01 Å². The maximum atomic E-state index is 12.4. The zero-order valence-electron chi connectivity index (χ0n) is 11.0. The molecule has 0 amide bonds. The molecule has 0 aliphatic heterocycles. The first-order chi connectivity index (χ1) is 9.78. The number of aromatic nitrogens is 1. The van der Waals surface area contributed by atoms with E-state index in [-0.39, 0.29) is 5.78 Å². The van der Waals surface area contributed by atoms with Crippen molar-refractivity contribution < 1.29 is 9.53 Å². The first kappa shape index (κ1) is 12.8. The molecule has 3 nitrogen and oxygen atoms in total. The van der Waals surface area contributed by atoms with E-state index in [0.29, 0.717) is 17.2 Å². The molecular formula is C16H13NO2S. The van der Waals surface area contributed by atoms with Gasteiger partial charge < -0.3 is 4.74 Å². The van der Waals surface area contributed by atoms with Crippen molar-refractivity contribution in [3.8, 4) is 5.75 Å². The molecule has 0 radical (unpaired) electrons. The maximum absolute atomic E-state index is 12.4.